The predicted octanol–water partition coefficient (Wildman–Crippen LogP) is 1.69. The molecule has 20 heavy (non-hydrogen) atoms. The molecule has 1 heterocycles. The van der Waals surface area contributed by atoms with Gasteiger partial charge in [0, 0.05) is 0 Å². The van der Waals surface area contributed by atoms with Crippen molar-refractivity contribution in [3.05, 3.63) is 44.8 Å². The van der Waals surface area contributed by atoms with Crippen LogP contribution in [-0.2, 0) is 0 Å². The topological polar surface area (TPSA) is 99.6 Å². The molecule has 0 atom stereocenters. The largest absolute Gasteiger partial charge is 0.504 e. The normalized spacial score (nSPS) is 10.7. The van der Waals surface area contributed by atoms with Gasteiger partial charge in [0.05, 0.1) is 25.2 Å². The molecule has 104 valence electrons. The van der Waals surface area contributed by atoms with E-state index in [1.165, 1.54) is 25.6 Å². The lowest BCUT2D eigenvalue weighted by Gasteiger charge is -2.04. The number of aromatic nitrogens is 2. The molecule has 3 N–H and O–H groups in total. The minimum Gasteiger partial charge on any atom is -0.504 e. The van der Waals surface area contributed by atoms with Crippen LogP contribution in [0.1, 0.15) is 5.56 Å². The molecular weight excluding hydrogens is 328 g/mol. The number of benzene rings is 1. The Balaban J connectivity index is 2.14. The van der Waals surface area contributed by atoms with Gasteiger partial charge in [-0.15, -0.1) is 0 Å². The van der Waals surface area contributed by atoms with Crippen molar-refractivity contribution in [3.63, 3.8) is 0 Å². The third-order valence-electron chi connectivity index (χ3n) is 2.40. The molecule has 2 rings (SSSR count). The molecule has 2 aromatic rings. The van der Waals surface area contributed by atoms with Crippen molar-refractivity contribution in [2.75, 3.05) is 12.5 Å². The quantitative estimate of drug-likeness (QED) is 0.582. The van der Waals surface area contributed by atoms with Crippen molar-refractivity contribution in [1.82, 2.24) is 10.2 Å². The van der Waals surface area contributed by atoms with Crippen LogP contribution in [0.3, 0.4) is 0 Å². The maximum absolute atomic E-state index is 11.3. The minimum absolute atomic E-state index is 0.0548. The molecule has 0 aliphatic carbocycles. The van der Waals surface area contributed by atoms with Crippen LogP contribution in [0.2, 0.25) is 0 Å². The number of aromatic amines is 1. The molecule has 0 aliphatic heterocycles. The van der Waals surface area contributed by atoms with Crippen LogP contribution in [0.25, 0.3) is 0 Å². The van der Waals surface area contributed by atoms with Gasteiger partial charge in [-0.25, -0.2) is 5.10 Å². The average molecular weight is 339 g/mol. The molecule has 0 saturated heterocycles. The predicted molar refractivity (Wildman–Crippen MR) is 78.4 cm³/mol. The van der Waals surface area contributed by atoms with Gasteiger partial charge in [0.25, 0.3) is 5.56 Å². The number of hydrazone groups is 1. The van der Waals surface area contributed by atoms with Crippen molar-refractivity contribution in [1.29, 1.82) is 0 Å². The lowest BCUT2D eigenvalue weighted by atomic mass is 10.2. The molecule has 0 unspecified atom stereocenters. The van der Waals surface area contributed by atoms with Crippen molar-refractivity contribution in [2.24, 2.45) is 5.10 Å². The summed E-state index contributed by atoms with van der Waals surface area (Å²) in [6.45, 7) is 0. The first-order valence-electron chi connectivity index (χ1n) is 5.51. The molecule has 0 spiro atoms. The fourth-order valence-electron chi connectivity index (χ4n) is 1.41. The van der Waals surface area contributed by atoms with Crippen LogP contribution < -0.4 is 15.7 Å². The first kappa shape index (κ1) is 14.1. The van der Waals surface area contributed by atoms with Crippen LogP contribution in [0.15, 0.2) is 38.8 Å². The smallest absolute Gasteiger partial charge is 0.280 e. The highest BCUT2D eigenvalue weighted by atomic mass is 79.9. The van der Waals surface area contributed by atoms with E-state index in [1.807, 2.05) is 0 Å². The molecule has 0 amide bonds. The van der Waals surface area contributed by atoms with Gasteiger partial charge in [0.2, 0.25) is 0 Å². The highest BCUT2D eigenvalue weighted by Crippen LogP contribution is 2.25. The summed E-state index contributed by atoms with van der Waals surface area (Å²) in [5, 5.41) is 19.4. The highest BCUT2D eigenvalue weighted by Gasteiger charge is 2.03. The SMILES string of the molecule is COc1cc(/C=N/Nc2cn[nH]c(=O)c2Br)ccc1O. The monoisotopic (exact) mass is 338 g/mol. The van der Waals surface area contributed by atoms with E-state index in [2.05, 4.69) is 36.7 Å². The number of anilines is 1. The van der Waals surface area contributed by atoms with Gasteiger partial charge >= 0.3 is 0 Å². The number of hydrogen-bond donors (Lipinski definition) is 3. The van der Waals surface area contributed by atoms with E-state index in [1.54, 1.807) is 12.1 Å². The number of rotatable bonds is 4. The van der Waals surface area contributed by atoms with E-state index in [4.69, 9.17) is 4.74 Å². The van der Waals surface area contributed by atoms with Gasteiger partial charge in [-0.1, -0.05) is 0 Å². The van der Waals surface area contributed by atoms with Crippen molar-refractivity contribution < 1.29 is 9.84 Å². The summed E-state index contributed by atoms with van der Waals surface area (Å²) in [5.74, 6) is 0.409. The Bertz CT molecular complexity index is 699. The molecule has 1 aromatic carbocycles. The fourth-order valence-corrected chi connectivity index (χ4v) is 1.69. The van der Waals surface area contributed by atoms with E-state index >= 15 is 0 Å². The molecule has 0 saturated carbocycles. The molecule has 1 aromatic heterocycles. The summed E-state index contributed by atoms with van der Waals surface area (Å²) in [6, 6.07) is 4.81. The molecule has 0 radical (unpaired) electrons. The van der Waals surface area contributed by atoms with Gasteiger partial charge in [-0.2, -0.15) is 10.2 Å². The van der Waals surface area contributed by atoms with Crippen molar-refractivity contribution in [2.45, 2.75) is 0 Å². The molecular formula is C12H11BrN4O3. The van der Waals surface area contributed by atoms with Gasteiger partial charge < -0.3 is 9.84 Å². The number of phenolic OH excluding ortho intramolecular Hbond substituents is 1. The zero-order valence-electron chi connectivity index (χ0n) is 10.4. The van der Waals surface area contributed by atoms with E-state index < -0.39 is 0 Å². The van der Waals surface area contributed by atoms with Crippen LogP contribution >= 0.6 is 15.9 Å². The Labute approximate surface area is 122 Å². The highest BCUT2D eigenvalue weighted by molar-refractivity contribution is 9.10. The van der Waals surface area contributed by atoms with Gasteiger partial charge in [-0.3, -0.25) is 10.2 Å². The van der Waals surface area contributed by atoms with Crippen LogP contribution in [-0.4, -0.2) is 28.6 Å². The fraction of sp³-hybridized carbons (Fsp3) is 0.0833. The average Bonchev–Trinajstić information content (AvgIpc) is 2.45. The summed E-state index contributed by atoms with van der Waals surface area (Å²) < 4.78 is 5.30. The third-order valence-corrected chi connectivity index (χ3v) is 3.19. The Morgan fingerprint density at radius 3 is 3.10 bits per heavy atom. The number of nitrogens with zero attached hydrogens (tertiary/aromatic N) is 2. The van der Waals surface area contributed by atoms with Gasteiger partial charge in [0.1, 0.15) is 4.47 Å². The maximum Gasteiger partial charge on any atom is 0.280 e. The standard InChI is InChI=1S/C12H11BrN4O3/c1-20-10-4-7(2-3-9(10)18)5-14-16-8-6-15-17-12(19)11(8)13/h2-6,18H,1H3,(H2,16,17,19)/b14-5+. The summed E-state index contributed by atoms with van der Waals surface area (Å²) in [4.78, 5) is 11.3. The van der Waals surface area contributed by atoms with Crippen LogP contribution in [0.5, 0.6) is 11.5 Å². The zero-order chi connectivity index (χ0) is 14.5. The Morgan fingerprint density at radius 1 is 1.55 bits per heavy atom. The van der Waals surface area contributed by atoms with E-state index in [9.17, 15) is 9.90 Å². The second-order valence-corrected chi connectivity index (χ2v) is 4.52. The number of hydrogen-bond acceptors (Lipinski definition) is 6. The first-order valence-corrected chi connectivity index (χ1v) is 6.30. The number of phenols is 1. The van der Waals surface area contributed by atoms with Crippen molar-refractivity contribution in [3.8, 4) is 11.5 Å². The van der Waals surface area contributed by atoms with E-state index in [0.717, 1.165) is 5.56 Å². The Morgan fingerprint density at radius 2 is 2.35 bits per heavy atom. The second-order valence-electron chi connectivity index (χ2n) is 3.73. The minimum atomic E-state index is -0.350. The number of H-pyrrole nitrogens is 1. The van der Waals surface area contributed by atoms with Gasteiger partial charge in [-0.05, 0) is 39.7 Å². The summed E-state index contributed by atoms with van der Waals surface area (Å²) in [5.41, 5.74) is 3.50. The number of nitrogens with one attached hydrogen (secondary N) is 2. The van der Waals surface area contributed by atoms with Crippen LogP contribution in [0, 0.1) is 0 Å². The summed E-state index contributed by atoms with van der Waals surface area (Å²) in [7, 11) is 1.47. The molecule has 0 fully saturated rings. The third kappa shape index (κ3) is 3.15. The molecule has 8 heteroatoms. The van der Waals surface area contributed by atoms with Crippen LogP contribution in [0.4, 0.5) is 5.69 Å². The molecule has 7 nitrogen and oxygen atoms in total. The number of halogens is 1. The lowest BCUT2D eigenvalue weighted by Crippen LogP contribution is -2.10. The second kappa shape index (κ2) is 6.20. The Kier molecular flexibility index (Phi) is 4.36. The van der Waals surface area contributed by atoms with E-state index in [0.29, 0.717) is 15.9 Å². The Hall–Kier alpha value is -2.35. The first-order chi connectivity index (χ1) is 9.61. The van der Waals surface area contributed by atoms with E-state index in [-0.39, 0.29) is 11.3 Å². The number of methoxy groups -OCH3 is 1. The summed E-state index contributed by atoms with van der Waals surface area (Å²) >= 11 is 3.13. The lowest BCUT2D eigenvalue weighted by molar-refractivity contribution is 0.373. The van der Waals surface area contributed by atoms with Crippen molar-refractivity contribution >= 4 is 27.8 Å². The zero-order valence-corrected chi connectivity index (χ0v) is 12.0. The maximum atomic E-state index is 11.3. The van der Waals surface area contributed by atoms with Gasteiger partial charge in [0.15, 0.2) is 11.5 Å². The molecule has 0 aliphatic rings. The number of aromatic hydroxyl groups is 1. The number of ether oxygens (including phenoxy) is 1. The molecule has 0 bridgehead atoms. The summed E-state index contributed by atoms with van der Waals surface area (Å²) in [6.07, 6.45) is 2.95.